The monoisotopic (exact) mass is 312 g/mol. The summed E-state index contributed by atoms with van der Waals surface area (Å²) < 4.78 is 36.1. The lowest BCUT2D eigenvalue weighted by Gasteiger charge is -2.30. The Morgan fingerprint density at radius 1 is 1.32 bits per heavy atom. The van der Waals surface area contributed by atoms with E-state index in [0.29, 0.717) is 0 Å². The van der Waals surface area contributed by atoms with E-state index in [1.165, 1.54) is 20.3 Å². The molecule has 2 atom stereocenters. The van der Waals surface area contributed by atoms with Gasteiger partial charge >= 0.3 is 12.0 Å². The maximum atomic E-state index is 13.4. The highest BCUT2D eigenvalue weighted by Gasteiger charge is 2.39. The van der Waals surface area contributed by atoms with Gasteiger partial charge in [-0.3, -0.25) is 4.79 Å². The van der Waals surface area contributed by atoms with Gasteiger partial charge in [-0.1, -0.05) is 6.07 Å². The molecular weight excluding hydrogens is 298 g/mol. The predicted octanol–water partition coefficient (Wildman–Crippen LogP) is 1.61. The van der Waals surface area contributed by atoms with Crippen LogP contribution in [-0.2, 0) is 14.3 Å². The zero-order chi connectivity index (χ0) is 16.3. The summed E-state index contributed by atoms with van der Waals surface area (Å²) >= 11 is 0. The van der Waals surface area contributed by atoms with Gasteiger partial charge in [0.05, 0.1) is 25.5 Å². The number of hydrogen-bond donors (Lipinski definition) is 1. The molecule has 0 saturated carbocycles. The third-order valence-corrected chi connectivity index (χ3v) is 3.27. The average molecular weight is 312 g/mol. The van der Waals surface area contributed by atoms with Crippen molar-refractivity contribution in [1.82, 2.24) is 5.32 Å². The molecule has 1 aromatic rings. The van der Waals surface area contributed by atoms with Gasteiger partial charge in [-0.25, -0.2) is 13.6 Å². The van der Waals surface area contributed by atoms with Crippen molar-refractivity contribution in [3.8, 4) is 0 Å². The van der Waals surface area contributed by atoms with Crippen LogP contribution in [0.25, 0.3) is 0 Å². The summed E-state index contributed by atoms with van der Waals surface area (Å²) in [4.78, 5) is 27.4. The Hall–Kier alpha value is -2.35. The Labute approximate surface area is 125 Å². The fourth-order valence-electron chi connectivity index (χ4n) is 2.29. The molecule has 6 nitrogen and oxygen atoms in total. The van der Waals surface area contributed by atoms with Gasteiger partial charge in [0.1, 0.15) is 5.92 Å². The van der Waals surface area contributed by atoms with Crippen molar-refractivity contribution in [3.05, 3.63) is 35.4 Å². The molecule has 2 amide bonds. The number of amides is 2. The van der Waals surface area contributed by atoms with Gasteiger partial charge in [0, 0.05) is 7.11 Å². The SMILES string of the molecule is COCC1=NC(=O)N[C@@H](c2ccc(F)c(F)c2)C1C(=O)OC. The van der Waals surface area contributed by atoms with Crippen LogP contribution in [0.4, 0.5) is 13.6 Å². The average Bonchev–Trinajstić information content (AvgIpc) is 2.49. The van der Waals surface area contributed by atoms with Crippen molar-refractivity contribution in [1.29, 1.82) is 0 Å². The fraction of sp³-hybridized carbons (Fsp3) is 0.357. The summed E-state index contributed by atoms with van der Waals surface area (Å²) in [5.74, 6) is -3.74. The third kappa shape index (κ3) is 3.11. The molecule has 0 saturated heterocycles. The molecule has 0 aromatic heterocycles. The predicted molar refractivity (Wildman–Crippen MR) is 72.4 cm³/mol. The third-order valence-electron chi connectivity index (χ3n) is 3.27. The Morgan fingerprint density at radius 2 is 2.05 bits per heavy atom. The van der Waals surface area contributed by atoms with E-state index in [9.17, 15) is 18.4 Å². The minimum Gasteiger partial charge on any atom is -0.468 e. The van der Waals surface area contributed by atoms with Crippen LogP contribution in [0, 0.1) is 17.6 Å². The number of esters is 1. The molecule has 0 fully saturated rings. The smallest absolute Gasteiger partial charge is 0.341 e. The molecule has 0 radical (unpaired) electrons. The summed E-state index contributed by atoms with van der Waals surface area (Å²) in [5.41, 5.74) is 0.388. The van der Waals surface area contributed by atoms with Crippen LogP contribution in [0.2, 0.25) is 0 Å². The molecule has 0 aliphatic carbocycles. The van der Waals surface area contributed by atoms with Crippen molar-refractivity contribution in [2.75, 3.05) is 20.8 Å². The number of nitrogens with one attached hydrogen (secondary N) is 1. The van der Waals surface area contributed by atoms with Crippen molar-refractivity contribution >= 4 is 17.7 Å². The minimum atomic E-state index is -1.08. The molecule has 1 aromatic carbocycles. The van der Waals surface area contributed by atoms with Crippen molar-refractivity contribution in [3.63, 3.8) is 0 Å². The Kier molecular flexibility index (Phi) is 4.81. The van der Waals surface area contributed by atoms with E-state index in [-0.39, 0.29) is 17.9 Å². The van der Waals surface area contributed by atoms with Gasteiger partial charge in [-0.05, 0) is 17.7 Å². The summed E-state index contributed by atoms with van der Waals surface area (Å²) in [7, 11) is 2.57. The molecule has 2 rings (SSSR count). The molecule has 118 valence electrons. The first kappa shape index (κ1) is 16.0. The molecule has 1 N–H and O–H groups in total. The summed E-state index contributed by atoms with van der Waals surface area (Å²) in [5, 5.41) is 2.46. The molecule has 8 heteroatoms. The van der Waals surface area contributed by atoms with Crippen LogP contribution < -0.4 is 5.32 Å². The largest absolute Gasteiger partial charge is 0.468 e. The normalized spacial score (nSPS) is 21.1. The Bertz CT molecular complexity index is 633. The lowest BCUT2D eigenvalue weighted by molar-refractivity contribution is -0.144. The molecule has 22 heavy (non-hydrogen) atoms. The number of halogens is 2. The lowest BCUT2D eigenvalue weighted by atomic mass is 9.88. The lowest BCUT2D eigenvalue weighted by Crippen LogP contribution is -2.46. The highest BCUT2D eigenvalue weighted by atomic mass is 19.2. The standard InChI is InChI=1S/C14H14F2N2O4/c1-21-6-10-11(13(19)22-2)12(18-14(20)17-10)7-3-4-8(15)9(16)5-7/h3-5,11-12H,6H2,1-2H3,(H,18,20)/t11?,12-/m0/s1. The van der Waals surface area contributed by atoms with Crippen LogP contribution in [0.1, 0.15) is 11.6 Å². The number of aliphatic imine (C=N–C) groups is 1. The van der Waals surface area contributed by atoms with Gasteiger partial charge in [0.25, 0.3) is 0 Å². The Balaban J connectivity index is 2.46. The summed E-state index contributed by atoms with van der Waals surface area (Å²) in [6, 6.07) is 1.52. The second-order valence-corrected chi connectivity index (χ2v) is 4.64. The maximum Gasteiger partial charge on any atom is 0.341 e. The van der Waals surface area contributed by atoms with E-state index >= 15 is 0 Å². The zero-order valence-corrected chi connectivity index (χ0v) is 11.9. The molecule has 1 aliphatic rings. The van der Waals surface area contributed by atoms with E-state index in [0.717, 1.165) is 12.1 Å². The first-order valence-electron chi connectivity index (χ1n) is 6.37. The number of methoxy groups -OCH3 is 2. The van der Waals surface area contributed by atoms with Crippen LogP contribution in [-0.4, -0.2) is 38.5 Å². The number of rotatable bonds is 4. The van der Waals surface area contributed by atoms with E-state index in [2.05, 4.69) is 10.3 Å². The van der Waals surface area contributed by atoms with Gasteiger partial charge in [0.15, 0.2) is 11.6 Å². The van der Waals surface area contributed by atoms with Gasteiger partial charge < -0.3 is 14.8 Å². The fourth-order valence-corrected chi connectivity index (χ4v) is 2.29. The number of hydrogen-bond acceptors (Lipinski definition) is 4. The number of benzene rings is 1. The molecule has 1 aliphatic heterocycles. The van der Waals surface area contributed by atoms with Gasteiger partial charge in [0.2, 0.25) is 0 Å². The molecule has 1 heterocycles. The first-order chi connectivity index (χ1) is 10.5. The number of nitrogens with zero attached hydrogens (tertiary/aromatic N) is 1. The topological polar surface area (TPSA) is 77.0 Å². The second-order valence-electron chi connectivity index (χ2n) is 4.64. The van der Waals surface area contributed by atoms with Crippen LogP contribution in [0.3, 0.4) is 0 Å². The highest BCUT2D eigenvalue weighted by Crippen LogP contribution is 2.29. The maximum absolute atomic E-state index is 13.4. The number of carbonyl (C=O) groups is 2. The van der Waals surface area contributed by atoms with Crippen molar-refractivity contribution in [2.45, 2.75) is 6.04 Å². The van der Waals surface area contributed by atoms with E-state index in [1.807, 2.05) is 0 Å². The van der Waals surface area contributed by atoms with Crippen molar-refractivity contribution in [2.24, 2.45) is 10.9 Å². The number of urea groups is 1. The van der Waals surface area contributed by atoms with E-state index in [4.69, 9.17) is 9.47 Å². The van der Waals surface area contributed by atoms with Gasteiger partial charge in [-0.15, -0.1) is 0 Å². The zero-order valence-electron chi connectivity index (χ0n) is 11.9. The molecule has 0 bridgehead atoms. The van der Waals surface area contributed by atoms with Crippen LogP contribution in [0.5, 0.6) is 0 Å². The number of ether oxygens (including phenoxy) is 2. The first-order valence-corrected chi connectivity index (χ1v) is 6.37. The van der Waals surface area contributed by atoms with Gasteiger partial charge in [-0.2, -0.15) is 4.99 Å². The minimum absolute atomic E-state index is 0.0621. The van der Waals surface area contributed by atoms with Crippen molar-refractivity contribution < 1.29 is 27.8 Å². The van der Waals surface area contributed by atoms with Crippen LogP contribution >= 0.6 is 0 Å². The molecular formula is C14H14F2N2O4. The van der Waals surface area contributed by atoms with Crippen LogP contribution in [0.15, 0.2) is 23.2 Å². The summed E-state index contributed by atoms with van der Waals surface area (Å²) in [6.07, 6.45) is 0. The second kappa shape index (κ2) is 6.61. The summed E-state index contributed by atoms with van der Waals surface area (Å²) in [6.45, 7) is -0.0621. The Morgan fingerprint density at radius 3 is 2.64 bits per heavy atom. The highest BCUT2D eigenvalue weighted by molar-refractivity contribution is 6.09. The molecule has 1 unspecified atom stereocenters. The quantitative estimate of drug-likeness (QED) is 0.857. The number of carbonyl (C=O) groups excluding carboxylic acids is 2. The van der Waals surface area contributed by atoms with E-state index < -0.39 is 35.6 Å². The molecule has 0 spiro atoms. The van der Waals surface area contributed by atoms with E-state index in [1.54, 1.807) is 0 Å².